The van der Waals surface area contributed by atoms with Crippen LogP contribution < -0.4 is 15.5 Å². The van der Waals surface area contributed by atoms with Crippen LogP contribution in [0.5, 0.6) is 0 Å². The van der Waals surface area contributed by atoms with Crippen LogP contribution in [-0.4, -0.2) is 60.1 Å². The van der Waals surface area contributed by atoms with Crippen LogP contribution in [0, 0.1) is 0 Å². The Hall–Kier alpha value is -3.69. The maximum absolute atomic E-state index is 12.8. The maximum Gasteiger partial charge on any atom is 0.261 e. The highest BCUT2D eigenvalue weighted by molar-refractivity contribution is 7.21. The lowest BCUT2D eigenvalue weighted by molar-refractivity contribution is 0.0954. The summed E-state index contributed by atoms with van der Waals surface area (Å²) < 4.78 is 0.743. The van der Waals surface area contributed by atoms with Crippen LogP contribution in [0.4, 0.5) is 11.5 Å². The van der Waals surface area contributed by atoms with Crippen LogP contribution in [0.3, 0.4) is 0 Å². The molecule has 0 spiro atoms. The number of piperazine rings is 1. The Kier molecular flexibility index (Phi) is 6.29. The summed E-state index contributed by atoms with van der Waals surface area (Å²) in [7, 11) is 2.13. The summed E-state index contributed by atoms with van der Waals surface area (Å²) in [6.45, 7) is 4.48. The van der Waals surface area contributed by atoms with Crippen molar-refractivity contribution in [1.82, 2.24) is 20.4 Å². The number of benzene rings is 2. The summed E-state index contributed by atoms with van der Waals surface area (Å²) in [5.41, 5.74) is 3.43. The van der Waals surface area contributed by atoms with E-state index >= 15 is 0 Å². The Morgan fingerprint density at radius 2 is 1.74 bits per heavy atom. The number of H-pyrrole nitrogens is 1. The fourth-order valence-electron chi connectivity index (χ4n) is 3.95. The molecule has 0 radical (unpaired) electrons. The summed E-state index contributed by atoms with van der Waals surface area (Å²) >= 11 is 1.30. The van der Waals surface area contributed by atoms with Crippen molar-refractivity contribution in [2.24, 2.45) is 0 Å². The van der Waals surface area contributed by atoms with E-state index in [-0.39, 0.29) is 11.8 Å². The SMILES string of the molecule is CN1CCN(c2ccc(C(=O)Nc3n[nH]c4cc(C(=O)NCc5ccccc5)sc34)cc2)CC1. The molecule has 2 amide bonds. The van der Waals surface area contributed by atoms with Crippen molar-refractivity contribution in [3.8, 4) is 0 Å². The molecule has 3 heterocycles. The van der Waals surface area contributed by atoms with Crippen molar-refractivity contribution in [2.45, 2.75) is 6.54 Å². The average Bonchev–Trinajstić information content (AvgIpc) is 3.46. The molecule has 1 fully saturated rings. The number of anilines is 2. The highest BCUT2D eigenvalue weighted by Gasteiger charge is 2.18. The number of fused-ring (bicyclic) bond motifs is 1. The third-order valence-electron chi connectivity index (χ3n) is 5.98. The van der Waals surface area contributed by atoms with Gasteiger partial charge < -0.3 is 20.4 Å². The number of nitrogens with zero attached hydrogens (tertiary/aromatic N) is 3. The minimum atomic E-state index is -0.234. The van der Waals surface area contributed by atoms with Crippen molar-refractivity contribution in [3.05, 3.63) is 76.7 Å². The molecule has 2 aromatic heterocycles. The molecule has 174 valence electrons. The van der Waals surface area contributed by atoms with Crippen molar-refractivity contribution < 1.29 is 9.59 Å². The van der Waals surface area contributed by atoms with E-state index in [9.17, 15) is 9.59 Å². The molecule has 0 atom stereocenters. The molecular weight excluding hydrogens is 448 g/mol. The molecule has 9 heteroatoms. The monoisotopic (exact) mass is 474 g/mol. The van der Waals surface area contributed by atoms with Crippen LogP contribution >= 0.6 is 11.3 Å². The number of carbonyl (C=O) groups excluding carboxylic acids is 2. The van der Waals surface area contributed by atoms with Crippen LogP contribution in [0.25, 0.3) is 10.2 Å². The predicted octanol–water partition coefficient (Wildman–Crippen LogP) is 3.56. The third kappa shape index (κ3) is 4.80. The van der Waals surface area contributed by atoms with Crippen LogP contribution in [-0.2, 0) is 6.54 Å². The number of aromatic amines is 1. The number of carbonyl (C=O) groups is 2. The van der Waals surface area contributed by atoms with Crippen molar-refractivity contribution >= 4 is 44.9 Å². The van der Waals surface area contributed by atoms with E-state index in [1.165, 1.54) is 11.3 Å². The zero-order valence-corrected chi connectivity index (χ0v) is 19.7. The van der Waals surface area contributed by atoms with Gasteiger partial charge in [-0.3, -0.25) is 14.7 Å². The van der Waals surface area contributed by atoms with Gasteiger partial charge in [0.25, 0.3) is 11.8 Å². The van der Waals surface area contributed by atoms with Crippen LogP contribution in [0.2, 0.25) is 0 Å². The molecule has 1 aliphatic rings. The second kappa shape index (κ2) is 9.66. The van der Waals surface area contributed by atoms with Gasteiger partial charge in [-0.1, -0.05) is 30.3 Å². The summed E-state index contributed by atoms with van der Waals surface area (Å²) in [4.78, 5) is 30.6. The van der Waals surface area contributed by atoms with Crippen molar-refractivity contribution in [3.63, 3.8) is 0 Å². The van der Waals surface area contributed by atoms with E-state index in [0.717, 1.165) is 47.6 Å². The van der Waals surface area contributed by atoms with E-state index in [0.29, 0.717) is 22.8 Å². The molecule has 3 N–H and O–H groups in total. The number of amides is 2. The summed E-state index contributed by atoms with van der Waals surface area (Å²) in [5.74, 6) is 0.0345. The Morgan fingerprint density at radius 3 is 2.47 bits per heavy atom. The number of likely N-dealkylation sites (N-methyl/N-ethyl adjacent to an activating group) is 1. The van der Waals surface area contributed by atoms with E-state index in [1.807, 2.05) is 54.6 Å². The van der Waals surface area contributed by atoms with Gasteiger partial charge in [0.05, 0.1) is 15.1 Å². The fourth-order valence-corrected chi connectivity index (χ4v) is 4.92. The van der Waals surface area contributed by atoms with E-state index in [4.69, 9.17) is 0 Å². The topological polar surface area (TPSA) is 93.4 Å². The smallest absolute Gasteiger partial charge is 0.261 e. The standard InChI is InChI=1S/C25H26N6O2S/c1-30-11-13-31(14-12-30)19-9-7-18(8-10-19)24(32)27-23-22-20(28-29-23)15-21(34-22)25(33)26-16-17-5-3-2-4-6-17/h2-10,15H,11-14,16H2,1H3,(H,26,33)(H2,27,28,29,32). The first kappa shape index (κ1) is 22.1. The molecule has 1 aliphatic heterocycles. The first-order valence-electron chi connectivity index (χ1n) is 11.2. The zero-order valence-electron chi connectivity index (χ0n) is 18.9. The minimum absolute atomic E-state index is 0.157. The molecule has 1 saturated heterocycles. The van der Waals surface area contributed by atoms with Gasteiger partial charge in [0, 0.05) is 44.0 Å². The van der Waals surface area contributed by atoms with E-state index < -0.39 is 0 Å². The van der Waals surface area contributed by atoms with Crippen LogP contribution in [0.1, 0.15) is 25.6 Å². The number of aromatic nitrogens is 2. The highest BCUT2D eigenvalue weighted by Crippen LogP contribution is 2.30. The lowest BCUT2D eigenvalue weighted by Gasteiger charge is -2.34. The molecular formula is C25H26N6O2S. The van der Waals surface area contributed by atoms with Crippen LogP contribution in [0.15, 0.2) is 60.7 Å². The summed E-state index contributed by atoms with van der Waals surface area (Å²) in [6.07, 6.45) is 0. The molecule has 0 aliphatic carbocycles. The largest absolute Gasteiger partial charge is 0.369 e. The van der Waals surface area contributed by atoms with Gasteiger partial charge in [0.2, 0.25) is 0 Å². The second-order valence-electron chi connectivity index (χ2n) is 8.39. The number of hydrogen-bond donors (Lipinski definition) is 3. The van der Waals surface area contributed by atoms with Gasteiger partial charge in [-0.2, -0.15) is 5.10 Å². The molecule has 2 aromatic carbocycles. The first-order valence-corrected chi connectivity index (χ1v) is 12.0. The number of rotatable bonds is 6. The number of hydrogen-bond acceptors (Lipinski definition) is 6. The third-order valence-corrected chi connectivity index (χ3v) is 7.13. The molecule has 0 saturated carbocycles. The average molecular weight is 475 g/mol. The fraction of sp³-hybridized carbons (Fsp3) is 0.240. The molecule has 34 heavy (non-hydrogen) atoms. The minimum Gasteiger partial charge on any atom is -0.369 e. The zero-order chi connectivity index (χ0) is 23.5. The van der Waals surface area contributed by atoms with E-state index in [1.54, 1.807) is 6.07 Å². The first-order chi connectivity index (χ1) is 16.6. The normalized spacial score (nSPS) is 14.3. The molecule has 0 unspecified atom stereocenters. The number of thiophene rings is 1. The lowest BCUT2D eigenvalue weighted by atomic mass is 10.1. The van der Waals surface area contributed by atoms with Crippen molar-refractivity contribution in [1.29, 1.82) is 0 Å². The highest BCUT2D eigenvalue weighted by atomic mass is 32.1. The Morgan fingerprint density at radius 1 is 1.00 bits per heavy atom. The number of nitrogens with one attached hydrogen (secondary N) is 3. The van der Waals surface area contributed by atoms with Gasteiger partial charge in [-0.05, 0) is 42.9 Å². The maximum atomic E-state index is 12.8. The lowest BCUT2D eigenvalue weighted by Crippen LogP contribution is -2.44. The quantitative estimate of drug-likeness (QED) is 0.397. The van der Waals surface area contributed by atoms with Gasteiger partial charge in [0.15, 0.2) is 5.82 Å². The van der Waals surface area contributed by atoms with Gasteiger partial charge in [-0.25, -0.2) is 0 Å². The van der Waals surface area contributed by atoms with Gasteiger partial charge in [-0.15, -0.1) is 11.3 Å². The molecule has 4 aromatic rings. The Balaban J connectivity index is 1.23. The Bertz CT molecular complexity index is 1290. The molecule has 8 nitrogen and oxygen atoms in total. The van der Waals surface area contributed by atoms with Gasteiger partial charge >= 0.3 is 0 Å². The van der Waals surface area contributed by atoms with Gasteiger partial charge in [0.1, 0.15) is 0 Å². The molecule has 0 bridgehead atoms. The van der Waals surface area contributed by atoms with E-state index in [2.05, 4.69) is 37.7 Å². The Labute approximate surface area is 201 Å². The molecule has 5 rings (SSSR count). The van der Waals surface area contributed by atoms with Crippen molar-refractivity contribution in [2.75, 3.05) is 43.4 Å². The predicted molar refractivity (Wildman–Crippen MR) is 136 cm³/mol. The second-order valence-corrected chi connectivity index (χ2v) is 9.44. The summed E-state index contributed by atoms with van der Waals surface area (Å²) in [5, 5.41) is 12.9. The summed E-state index contributed by atoms with van der Waals surface area (Å²) in [6, 6.07) is 19.2.